The first-order valence-electron chi connectivity index (χ1n) is 11.3. The van der Waals surface area contributed by atoms with Gasteiger partial charge < -0.3 is 14.4 Å². The fourth-order valence-electron chi connectivity index (χ4n) is 4.87. The van der Waals surface area contributed by atoms with Crippen molar-refractivity contribution in [3.63, 3.8) is 0 Å². The third-order valence-corrected chi connectivity index (χ3v) is 6.43. The molecule has 6 heteroatoms. The molecule has 0 radical (unpaired) electrons. The number of aryl methyl sites for hydroxylation is 2. The predicted octanol–water partition coefficient (Wildman–Crippen LogP) is 4.71. The molecule has 2 aliphatic rings. The molecule has 0 saturated carbocycles. The average molecular weight is 432 g/mol. The van der Waals surface area contributed by atoms with Gasteiger partial charge in [0.2, 0.25) is 0 Å². The zero-order valence-corrected chi connectivity index (χ0v) is 19.1. The lowest BCUT2D eigenvalue weighted by molar-refractivity contribution is -0.00168. The van der Waals surface area contributed by atoms with Crippen molar-refractivity contribution in [2.75, 3.05) is 13.1 Å². The van der Waals surface area contributed by atoms with Crippen LogP contribution < -0.4 is 9.47 Å². The minimum Gasteiger partial charge on any atom is -0.491 e. The number of rotatable bonds is 3. The molecule has 3 heterocycles. The Labute approximate surface area is 188 Å². The Hall–Kier alpha value is -3.28. The highest BCUT2D eigenvalue weighted by molar-refractivity contribution is 5.96. The van der Waals surface area contributed by atoms with Gasteiger partial charge >= 0.3 is 0 Å². The number of nitrogens with zero attached hydrogens (tertiary/aromatic N) is 3. The quantitative estimate of drug-likeness (QED) is 0.603. The largest absolute Gasteiger partial charge is 0.491 e. The lowest BCUT2D eigenvalue weighted by Crippen LogP contribution is -2.49. The van der Waals surface area contributed by atoms with Gasteiger partial charge in [0.15, 0.2) is 0 Å². The van der Waals surface area contributed by atoms with Gasteiger partial charge in [0, 0.05) is 55.9 Å². The summed E-state index contributed by atoms with van der Waals surface area (Å²) in [5.41, 5.74) is 4.37. The van der Waals surface area contributed by atoms with Crippen LogP contribution in [0.15, 0.2) is 48.7 Å². The number of amides is 1. The van der Waals surface area contributed by atoms with E-state index in [1.165, 1.54) is 0 Å². The topological polar surface area (TPSA) is 56.6 Å². The molecule has 1 amide bonds. The van der Waals surface area contributed by atoms with Crippen LogP contribution in [0.25, 0.3) is 11.3 Å². The Balaban J connectivity index is 1.37. The Kier molecular flexibility index (Phi) is 4.96. The predicted molar refractivity (Wildman–Crippen MR) is 123 cm³/mol. The number of piperidine rings is 1. The zero-order chi connectivity index (χ0) is 22.5. The summed E-state index contributed by atoms with van der Waals surface area (Å²) in [6.45, 7) is 7.24. The molecular weight excluding hydrogens is 402 g/mol. The van der Waals surface area contributed by atoms with E-state index < -0.39 is 5.60 Å². The molecule has 0 bridgehead atoms. The molecule has 3 aromatic rings. The van der Waals surface area contributed by atoms with Crippen molar-refractivity contribution >= 4 is 5.91 Å². The van der Waals surface area contributed by atoms with E-state index in [4.69, 9.17) is 14.6 Å². The first-order valence-corrected chi connectivity index (χ1v) is 11.3. The Morgan fingerprint density at radius 3 is 2.62 bits per heavy atom. The van der Waals surface area contributed by atoms with Gasteiger partial charge in [0.1, 0.15) is 22.8 Å². The third kappa shape index (κ3) is 3.44. The molecule has 2 aliphatic heterocycles. The maximum atomic E-state index is 13.3. The molecule has 0 atom stereocenters. The maximum absolute atomic E-state index is 13.3. The number of fused-ring (bicyclic) bond motifs is 4. The number of aromatic nitrogens is 2. The van der Waals surface area contributed by atoms with E-state index in [1.54, 1.807) is 0 Å². The highest BCUT2D eigenvalue weighted by Crippen LogP contribution is 2.49. The van der Waals surface area contributed by atoms with Crippen molar-refractivity contribution in [3.8, 4) is 22.8 Å². The van der Waals surface area contributed by atoms with Gasteiger partial charge in [-0.05, 0) is 56.7 Å². The highest BCUT2D eigenvalue weighted by atomic mass is 16.5. The molecule has 0 N–H and O–H groups in total. The number of carbonyl (C=O) groups excluding carboxylic acids is 1. The number of hydrogen-bond donors (Lipinski definition) is 0. The van der Waals surface area contributed by atoms with Crippen LogP contribution in [0, 0.1) is 6.92 Å². The molecule has 2 aromatic carbocycles. The first kappa shape index (κ1) is 20.6. The van der Waals surface area contributed by atoms with Crippen molar-refractivity contribution in [3.05, 3.63) is 65.4 Å². The van der Waals surface area contributed by atoms with Crippen LogP contribution in [-0.2, 0) is 12.6 Å². The molecule has 1 aromatic heterocycles. The standard InChI is InChI=1S/C26H29N3O3/c1-17(2)31-19-9-10-20(18(3)15-19)25(30)29-13-11-26(12-14-29)22-16-28(4)27-24(22)21-7-5-6-8-23(21)32-26/h5-10,15-17H,11-14H2,1-4H3. The summed E-state index contributed by atoms with van der Waals surface area (Å²) in [4.78, 5) is 15.2. The minimum absolute atomic E-state index is 0.0658. The second kappa shape index (κ2) is 7.69. The van der Waals surface area contributed by atoms with Gasteiger partial charge in [-0.1, -0.05) is 12.1 Å². The van der Waals surface area contributed by atoms with E-state index in [0.717, 1.165) is 52.3 Å². The van der Waals surface area contributed by atoms with E-state index in [9.17, 15) is 4.79 Å². The Morgan fingerprint density at radius 2 is 1.91 bits per heavy atom. The molecule has 6 nitrogen and oxygen atoms in total. The zero-order valence-electron chi connectivity index (χ0n) is 19.1. The van der Waals surface area contributed by atoms with Gasteiger partial charge in [-0.3, -0.25) is 9.48 Å². The fourth-order valence-corrected chi connectivity index (χ4v) is 4.87. The van der Waals surface area contributed by atoms with Gasteiger partial charge in [-0.15, -0.1) is 0 Å². The molecule has 1 spiro atoms. The maximum Gasteiger partial charge on any atom is 0.254 e. The van der Waals surface area contributed by atoms with E-state index in [-0.39, 0.29) is 12.0 Å². The molecule has 0 unspecified atom stereocenters. The summed E-state index contributed by atoms with van der Waals surface area (Å²) < 4.78 is 14.2. The van der Waals surface area contributed by atoms with Crippen LogP contribution in [0.4, 0.5) is 0 Å². The number of benzene rings is 2. The van der Waals surface area contributed by atoms with Gasteiger partial charge in [0.05, 0.1) is 6.10 Å². The van der Waals surface area contributed by atoms with Crippen LogP contribution in [0.5, 0.6) is 11.5 Å². The molecule has 32 heavy (non-hydrogen) atoms. The van der Waals surface area contributed by atoms with Crippen molar-refractivity contribution in [2.24, 2.45) is 7.05 Å². The smallest absolute Gasteiger partial charge is 0.254 e. The molecule has 1 fully saturated rings. The molecule has 5 rings (SSSR count). The summed E-state index contributed by atoms with van der Waals surface area (Å²) in [6, 6.07) is 13.8. The average Bonchev–Trinajstić information content (AvgIpc) is 3.16. The van der Waals surface area contributed by atoms with E-state index in [1.807, 2.05) is 73.8 Å². The second-order valence-electron chi connectivity index (χ2n) is 9.09. The van der Waals surface area contributed by atoms with Crippen LogP contribution >= 0.6 is 0 Å². The second-order valence-corrected chi connectivity index (χ2v) is 9.09. The van der Waals surface area contributed by atoms with Crippen molar-refractivity contribution in [1.82, 2.24) is 14.7 Å². The third-order valence-electron chi connectivity index (χ3n) is 6.43. The van der Waals surface area contributed by atoms with Gasteiger partial charge in [0.25, 0.3) is 5.91 Å². The lowest BCUT2D eigenvalue weighted by Gasteiger charge is -2.44. The summed E-state index contributed by atoms with van der Waals surface area (Å²) in [5, 5.41) is 4.73. The minimum atomic E-state index is -0.446. The molecule has 1 saturated heterocycles. The van der Waals surface area contributed by atoms with Crippen molar-refractivity contribution < 1.29 is 14.3 Å². The van der Waals surface area contributed by atoms with Gasteiger partial charge in [-0.25, -0.2) is 0 Å². The van der Waals surface area contributed by atoms with Crippen molar-refractivity contribution in [2.45, 2.75) is 45.3 Å². The SMILES string of the molecule is Cc1cc(OC(C)C)ccc1C(=O)N1CCC2(CC1)Oc1ccccc1-c1nn(C)cc12. The fraction of sp³-hybridized carbons (Fsp3) is 0.385. The lowest BCUT2D eigenvalue weighted by atomic mass is 9.81. The normalized spacial score (nSPS) is 16.5. The summed E-state index contributed by atoms with van der Waals surface area (Å²) in [5.74, 6) is 1.73. The highest BCUT2D eigenvalue weighted by Gasteiger charge is 2.45. The number of hydrogen-bond acceptors (Lipinski definition) is 4. The Bertz CT molecular complexity index is 1170. The number of carbonyl (C=O) groups is 1. The number of ether oxygens (including phenoxy) is 2. The van der Waals surface area contributed by atoms with Crippen LogP contribution in [-0.4, -0.2) is 39.8 Å². The molecule has 166 valence electrons. The van der Waals surface area contributed by atoms with Crippen LogP contribution in [0.3, 0.4) is 0 Å². The summed E-state index contributed by atoms with van der Waals surface area (Å²) in [7, 11) is 1.95. The summed E-state index contributed by atoms with van der Waals surface area (Å²) >= 11 is 0. The van der Waals surface area contributed by atoms with Crippen LogP contribution in [0.1, 0.15) is 48.2 Å². The number of para-hydroxylation sites is 1. The van der Waals surface area contributed by atoms with Crippen LogP contribution in [0.2, 0.25) is 0 Å². The first-order chi connectivity index (χ1) is 15.4. The van der Waals surface area contributed by atoms with Crippen molar-refractivity contribution in [1.29, 1.82) is 0 Å². The van der Waals surface area contributed by atoms with E-state index in [0.29, 0.717) is 13.1 Å². The van der Waals surface area contributed by atoms with Gasteiger partial charge in [-0.2, -0.15) is 5.10 Å². The molecular formula is C26H29N3O3. The Morgan fingerprint density at radius 1 is 1.16 bits per heavy atom. The van der Waals surface area contributed by atoms with E-state index >= 15 is 0 Å². The summed E-state index contributed by atoms with van der Waals surface area (Å²) in [6.07, 6.45) is 3.64. The monoisotopic (exact) mass is 431 g/mol. The molecule has 0 aliphatic carbocycles. The van der Waals surface area contributed by atoms with E-state index in [2.05, 4.69) is 12.3 Å². The number of likely N-dealkylation sites (tertiary alicyclic amines) is 1.